The zero-order valence-corrected chi connectivity index (χ0v) is 14.1. The van der Waals surface area contributed by atoms with Gasteiger partial charge in [0.2, 0.25) is 0 Å². The summed E-state index contributed by atoms with van der Waals surface area (Å²) < 4.78 is 1.88. The molecule has 0 saturated heterocycles. The van der Waals surface area contributed by atoms with E-state index in [4.69, 9.17) is 0 Å². The Morgan fingerprint density at radius 1 is 0.960 bits per heavy atom. The van der Waals surface area contributed by atoms with Gasteiger partial charge in [0.25, 0.3) is 11.8 Å². The van der Waals surface area contributed by atoms with Gasteiger partial charge in [-0.25, -0.2) is 0 Å². The first kappa shape index (κ1) is 16.5. The molecule has 0 radical (unpaired) electrons. The summed E-state index contributed by atoms with van der Waals surface area (Å²) in [6.07, 6.45) is 3.20. The summed E-state index contributed by atoms with van der Waals surface area (Å²) in [4.78, 5) is 24.4. The fraction of sp³-hybridized carbons (Fsp3) is 0.100. The number of carbonyl (C=O) groups is 2. The lowest BCUT2D eigenvalue weighted by Gasteiger charge is -2.06. The standard InChI is InChI=1S/C20H19N3O2/c1-14(15-8-4-3-5-9-15)12-19(24)21-22-20(25)17-13-23(2)18-11-7-6-10-16(17)18/h3-13H,1-2H3,(H,21,24)(H,22,25). The van der Waals surface area contributed by atoms with Crippen LogP contribution in [-0.2, 0) is 11.8 Å². The van der Waals surface area contributed by atoms with Gasteiger partial charge in [0.1, 0.15) is 0 Å². The highest BCUT2D eigenvalue weighted by molar-refractivity contribution is 6.07. The number of aryl methyl sites for hydroxylation is 1. The van der Waals surface area contributed by atoms with Crippen LogP contribution in [0.2, 0.25) is 0 Å². The largest absolute Gasteiger partial charge is 0.350 e. The van der Waals surface area contributed by atoms with Gasteiger partial charge in [0, 0.05) is 30.2 Å². The number of rotatable bonds is 3. The molecule has 0 fully saturated rings. The molecular weight excluding hydrogens is 314 g/mol. The summed E-state index contributed by atoms with van der Waals surface area (Å²) in [5, 5.41) is 0.841. The number of aromatic nitrogens is 1. The number of hydrogen-bond acceptors (Lipinski definition) is 2. The van der Waals surface area contributed by atoms with E-state index in [0.717, 1.165) is 22.0 Å². The maximum absolute atomic E-state index is 12.4. The molecule has 2 amide bonds. The zero-order valence-electron chi connectivity index (χ0n) is 14.1. The van der Waals surface area contributed by atoms with Gasteiger partial charge in [0.05, 0.1) is 5.56 Å². The third-order valence-corrected chi connectivity index (χ3v) is 4.02. The number of carbonyl (C=O) groups excluding carboxylic acids is 2. The van der Waals surface area contributed by atoms with Crippen LogP contribution >= 0.6 is 0 Å². The molecule has 0 bridgehead atoms. The molecule has 1 aromatic heterocycles. The first-order valence-electron chi connectivity index (χ1n) is 7.94. The van der Waals surface area contributed by atoms with E-state index in [2.05, 4.69) is 10.9 Å². The maximum Gasteiger partial charge on any atom is 0.271 e. The number of allylic oxidation sites excluding steroid dienone is 1. The predicted octanol–water partition coefficient (Wildman–Crippen LogP) is 3.04. The maximum atomic E-state index is 12.4. The van der Waals surface area contributed by atoms with Gasteiger partial charge in [0.15, 0.2) is 0 Å². The second-order valence-corrected chi connectivity index (χ2v) is 5.81. The minimum Gasteiger partial charge on any atom is -0.350 e. The van der Waals surface area contributed by atoms with Gasteiger partial charge in [-0.05, 0) is 24.1 Å². The van der Waals surface area contributed by atoms with Gasteiger partial charge < -0.3 is 4.57 Å². The van der Waals surface area contributed by atoms with Crippen molar-refractivity contribution in [3.8, 4) is 0 Å². The average molecular weight is 333 g/mol. The van der Waals surface area contributed by atoms with Crippen LogP contribution in [0, 0.1) is 0 Å². The molecule has 0 unspecified atom stereocenters. The van der Waals surface area contributed by atoms with Crippen molar-refractivity contribution in [1.29, 1.82) is 0 Å². The number of nitrogens with one attached hydrogen (secondary N) is 2. The SMILES string of the molecule is CC(=CC(=O)NNC(=O)c1cn(C)c2ccccc12)c1ccccc1. The Kier molecular flexibility index (Phi) is 4.66. The smallest absolute Gasteiger partial charge is 0.271 e. The molecule has 0 atom stereocenters. The normalized spacial score (nSPS) is 11.4. The molecule has 2 N–H and O–H groups in total. The van der Waals surface area contributed by atoms with Crippen LogP contribution < -0.4 is 10.9 Å². The van der Waals surface area contributed by atoms with Crippen molar-refractivity contribution in [1.82, 2.24) is 15.4 Å². The summed E-state index contributed by atoms with van der Waals surface area (Å²) in [6, 6.07) is 17.2. The van der Waals surface area contributed by atoms with E-state index in [1.807, 2.05) is 73.1 Å². The van der Waals surface area contributed by atoms with E-state index in [1.165, 1.54) is 6.08 Å². The van der Waals surface area contributed by atoms with Crippen LogP contribution in [0.15, 0.2) is 66.9 Å². The second kappa shape index (κ2) is 7.05. The molecule has 0 spiro atoms. The zero-order chi connectivity index (χ0) is 17.8. The third-order valence-electron chi connectivity index (χ3n) is 4.02. The highest BCUT2D eigenvalue weighted by Crippen LogP contribution is 2.19. The minimum atomic E-state index is -0.380. The fourth-order valence-corrected chi connectivity index (χ4v) is 2.73. The minimum absolute atomic E-state index is 0.351. The monoisotopic (exact) mass is 333 g/mol. The molecule has 3 rings (SSSR count). The van der Waals surface area contributed by atoms with Crippen molar-refractivity contribution in [3.05, 3.63) is 78.0 Å². The Morgan fingerprint density at radius 2 is 1.64 bits per heavy atom. The van der Waals surface area contributed by atoms with Crippen molar-refractivity contribution in [3.63, 3.8) is 0 Å². The van der Waals surface area contributed by atoms with Crippen LogP contribution in [0.5, 0.6) is 0 Å². The highest BCUT2D eigenvalue weighted by Gasteiger charge is 2.13. The van der Waals surface area contributed by atoms with Crippen molar-refractivity contribution in [2.24, 2.45) is 7.05 Å². The van der Waals surface area contributed by atoms with Crippen molar-refractivity contribution in [2.75, 3.05) is 0 Å². The molecule has 1 heterocycles. The fourth-order valence-electron chi connectivity index (χ4n) is 2.73. The van der Waals surface area contributed by atoms with Crippen molar-refractivity contribution < 1.29 is 9.59 Å². The Morgan fingerprint density at radius 3 is 2.40 bits per heavy atom. The Balaban J connectivity index is 1.68. The van der Waals surface area contributed by atoms with Crippen LogP contribution in [-0.4, -0.2) is 16.4 Å². The van der Waals surface area contributed by atoms with Gasteiger partial charge in [-0.3, -0.25) is 20.4 Å². The van der Waals surface area contributed by atoms with Crippen molar-refractivity contribution in [2.45, 2.75) is 6.92 Å². The molecule has 0 aliphatic heterocycles. The summed E-state index contributed by atoms with van der Waals surface area (Å²) in [6.45, 7) is 1.85. The lowest BCUT2D eigenvalue weighted by Crippen LogP contribution is -2.40. The lowest BCUT2D eigenvalue weighted by atomic mass is 10.1. The summed E-state index contributed by atoms with van der Waals surface area (Å²) in [5.74, 6) is -0.731. The predicted molar refractivity (Wildman–Crippen MR) is 98.6 cm³/mol. The summed E-state index contributed by atoms with van der Waals surface area (Å²) in [7, 11) is 1.88. The number of para-hydroxylation sites is 1. The van der Waals surface area contributed by atoms with E-state index in [9.17, 15) is 9.59 Å². The highest BCUT2D eigenvalue weighted by atomic mass is 16.2. The Bertz CT molecular complexity index is 955. The second-order valence-electron chi connectivity index (χ2n) is 5.81. The van der Waals surface area contributed by atoms with Gasteiger partial charge in [-0.2, -0.15) is 0 Å². The van der Waals surface area contributed by atoms with E-state index >= 15 is 0 Å². The quantitative estimate of drug-likeness (QED) is 0.572. The molecule has 2 aromatic carbocycles. The van der Waals surface area contributed by atoms with E-state index in [0.29, 0.717) is 5.56 Å². The van der Waals surface area contributed by atoms with Gasteiger partial charge in [-0.1, -0.05) is 48.5 Å². The number of amides is 2. The van der Waals surface area contributed by atoms with E-state index in [1.54, 1.807) is 6.20 Å². The lowest BCUT2D eigenvalue weighted by molar-refractivity contribution is -0.117. The number of hydrazine groups is 1. The van der Waals surface area contributed by atoms with Crippen LogP contribution in [0.25, 0.3) is 16.5 Å². The average Bonchev–Trinajstić information content (AvgIpc) is 2.98. The third kappa shape index (κ3) is 3.61. The van der Waals surface area contributed by atoms with E-state index < -0.39 is 0 Å². The number of fused-ring (bicyclic) bond motifs is 1. The Hall–Kier alpha value is -3.34. The molecular formula is C20H19N3O2. The summed E-state index contributed by atoms with van der Waals surface area (Å²) >= 11 is 0. The van der Waals surface area contributed by atoms with Crippen molar-refractivity contribution >= 4 is 28.3 Å². The van der Waals surface area contributed by atoms with Crippen LogP contribution in [0.4, 0.5) is 0 Å². The summed E-state index contributed by atoms with van der Waals surface area (Å²) in [5.41, 5.74) is 8.14. The molecule has 5 nitrogen and oxygen atoms in total. The van der Waals surface area contributed by atoms with Crippen LogP contribution in [0.1, 0.15) is 22.8 Å². The molecule has 0 aliphatic rings. The molecule has 0 aliphatic carbocycles. The number of nitrogens with zero attached hydrogens (tertiary/aromatic N) is 1. The van der Waals surface area contributed by atoms with E-state index in [-0.39, 0.29) is 11.8 Å². The number of hydrogen-bond donors (Lipinski definition) is 2. The first-order chi connectivity index (χ1) is 12.1. The van der Waals surface area contributed by atoms with Gasteiger partial charge >= 0.3 is 0 Å². The molecule has 5 heteroatoms. The topological polar surface area (TPSA) is 63.1 Å². The molecule has 3 aromatic rings. The van der Waals surface area contributed by atoms with Crippen LogP contribution in [0.3, 0.4) is 0 Å². The molecule has 126 valence electrons. The Labute approximate surface area is 145 Å². The molecule has 25 heavy (non-hydrogen) atoms. The molecule has 0 saturated carbocycles. The van der Waals surface area contributed by atoms with Gasteiger partial charge in [-0.15, -0.1) is 0 Å². The first-order valence-corrected chi connectivity index (χ1v) is 7.94. The number of benzene rings is 2.